The van der Waals surface area contributed by atoms with Gasteiger partial charge in [-0.25, -0.2) is 19.7 Å². The molecule has 0 unspecified atom stereocenters. The Labute approximate surface area is 177 Å². The van der Waals surface area contributed by atoms with Gasteiger partial charge in [0, 0.05) is 56.4 Å². The number of alkyl halides is 2. The maximum atomic E-state index is 12.6. The van der Waals surface area contributed by atoms with Crippen LogP contribution in [0.1, 0.15) is 5.82 Å². The number of urea groups is 1. The number of halogens is 2. The number of hydrogen-bond acceptors (Lipinski definition) is 6. The summed E-state index contributed by atoms with van der Waals surface area (Å²) in [5.74, 6) is 2.15. The zero-order valence-corrected chi connectivity index (χ0v) is 16.8. The van der Waals surface area contributed by atoms with Crippen LogP contribution in [0.15, 0.2) is 49.1 Å². The molecule has 1 aromatic carbocycles. The third kappa shape index (κ3) is 5.05. The van der Waals surface area contributed by atoms with E-state index in [0.29, 0.717) is 37.7 Å². The number of anilines is 2. The molecule has 3 aromatic rings. The fraction of sp³-hybridized carbons (Fsp3) is 0.300. The first-order valence-corrected chi connectivity index (χ1v) is 9.68. The Morgan fingerprint density at radius 1 is 1.13 bits per heavy atom. The van der Waals surface area contributed by atoms with Crippen LogP contribution in [-0.4, -0.2) is 63.2 Å². The fourth-order valence-corrected chi connectivity index (χ4v) is 3.32. The van der Waals surface area contributed by atoms with Crippen LogP contribution in [0.4, 0.5) is 25.1 Å². The van der Waals surface area contributed by atoms with Crippen LogP contribution in [-0.2, 0) is 0 Å². The predicted octanol–water partition coefficient (Wildman–Crippen LogP) is 2.93. The smallest absolute Gasteiger partial charge is 0.387 e. The van der Waals surface area contributed by atoms with Crippen molar-refractivity contribution in [1.29, 1.82) is 0 Å². The monoisotopic (exact) mass is 429 g/mol. The molecule has 0 radical (unpaired) electrons. The van der Waals surface area contributed by atoms with Crippen LogP contribution in [0.2, 0.25) is 0 Å². The van der Waals surface area contributed by atoms with E-state index in [9.17, 15) is 13.6 Å². The van der Waals surface area contributed by atoms with Gasteiger partial charge in [0.05, 0.1) is 0 Å². The molecule has 0 saturated carbocycles. The molecule has 1 aliphatic rings. The van der Waals surface area contributed by atoms with Gasteiger partial charge in [-0.3, -0.25) is 4.57 Å². The lowest BCUT2D eigenvalue weighted by Crippen LogP contribution is -2.50. The van der Waals surface area contributed by atoms with Crippen LogP contribution in [0.25, 0.3) is 5.82 Å². The van der Waals surface area contributed by atoms with Gasteiger partial charge >= 0.3 is 12.6 Å². The Bertz CT molecular complexity index is 1040. The summed E-state index contributed by atoms with van der Waals surface area (Å²) in [6, 6.07) is 7.52. The number of hydrogen-bond donors (Lipinski definition) is 1. The van der Waals surface area contributed by atoms with Gasteiger partial charge in [0.15, 0.2) is 0 Å². The molecule has 9 nitrogen and oxygen atoms in total. The number of nitrogens with one attached hydrogen (secondary N) is 1. The highest BCUT2D eigenvalue weighted by molar-refractivity contribution is 5.89. The average Bonchev–Trinajstić information content (AvgIpc) is 3.28. The number of imidazole rings is 1. The maximum Gasteiger partial charge on any atom is 0.387 e. The molecule has 1 fully saturated rings. The first-order valence-electron chi connectivity index (χ1n) is 9.68. The largest absolute Gasteiger partial charge is 0.435 e. The SMILES string of the molecule is Cc1nc(N2CCN(C(=O)Nc3cccc(OC(F)F)c3)CC2)cc(-n2ccnc2)n1. The van der Waals surface area contributed by atoms with E-state index in [1.54, 1.807) is 29.6 Å². The number of aromatic nitrogens is 4. The minimum absolute atomic E-state index is 0.00885. The summed E-state index contributed by atoms with van der Waals surface area (Å²) in [7, 11) is 0. The van der Waals surface area contributed by atoms with Crippen LogP contribution < -0.4 is 15.0 Å². The first-order chi connectivity index (χ1) is 15.0. The standard InChI is InChI=1S/C20H21F2N7O2/c1-14-24-17(12-18(25-14)29-6-5-23-13-29)27-7-9-28(10-8-27)20(30)26-15-3-2-4-16(11-15)31-19(21)22/h2-6,11-13,19H,7-10H2,1H3,(H,26,30). The third-order valence-electron chi connectivity index (χ3n) is 4.78. The summed E-state index contributed by atoms with van der Waals surface area (Å²) in [5.41, 5.74) is 0.391. The molecule has 4 rings (SSSR count). The number of benzene rings is 1. The molecule has 2 amide bonds. The summed E-state index contributed by atoms with van der Waals surface area (Å²) in [4.78, 5) is 29.4. The molecule has 0 aliphatic carbocycles. The molecule has 31 heavy (non-hydrogen) atoms. The lowest BCUT2D eigenvalue weighted by Gasteiger charge is -2.35. The molecular weight excluding hydrogens is 408 g/mol. The van der Waals surface area contributed by atoms with E-state index >= 15 is 0 Å². The summed E-state index contributed by atoms with van der Waals surface area (Å²) >= 11 is 0. The number of rotatable bonds is 5. The molecule has 1 saturated heterocycles. The van der Waals surface area contributed by atoms with Crippen LogP contribution in [0, 0.1) is 6.92 Å². The summed E-state index contributed by atoms with van der Waals surface area (Å²) in [6.45, 7) is 1.09. The van der Waals surface area contributed by atoms with E-state index in [1.807, 2.05) is 23.8 Å². The van der Waals surface area contributed by atoms with Gasteiger partial charge in [0.2, 0.25) is 0 Å². The van der Waals surface area contributed by atoms with Gasteiger partial charge in [-0.05, 0) is 19.1 Å². The highest BCUT2D eigenvalue weighted by atomic mass is 19.3. The topological polar surface area (TPSA) is 88.4 Å². The van der Waals surface area contributed by atoms with E-state index in [2.05, 4.69) is 29.9 Å². The van der Waals surface area contributed by atoms with Gasteiger partial charge in [-0.2, -0.15) is 8.78 Å². The molecule has 2 aromatic heterocycles. The summed E-state index contributed by atoms with van der Waals surface area (Å²) < 4.78 is 30.9. The molecule has 1 aliphatic heterocycles. The Hall–Kier alpha value is -3.76. The minimum Gasteiger partial charge on any atom is -0.435 e. The van der Waals surface area contributed by atoms with Gasteiger partial charge in [-0.15, -0.1) is 0 Å². The Morgan fingerprint density at radius 3 is 2.61 bits per heavy atom. The molecule has 0 atom stereocenters. The zero-order chi connectivity index (χ0) is 21.8. The van der Waals surface area contributed by atoms with Crippen molar-refractivity contribution in [2.24, 2.45) is 0 Å². The fourth-order valence-electron chi connectivity index (χ4n) is 3.32. The molecule has 0 spiro atoms. The van der Waals surface area contributed by atoms with Crippen LogP contribution >= 0.6 is 0 Å². The summed E-state index contributed by atoms with van der Waals surface area (Å²) in [5, 5.41) is 2.72. The number of carbonyl (C=O) groups excluding carboxylic acids is 1. The number of ether oxygens (including phenoxy) is 1. The van der Waals surface area contributed by atoms with Crippen LogP contribution in [0.5, 0.6) is 5.75 Å². The molecule has 0 bridgehead atoms. The van der Waals surface area contributed by atoms with Crippen molar-refractivity contribution in [1.82, 2.24) is 24.4 Å². The van der Waals surface area contributed by atoms with E-state index in [0.717, 1.165) is 11.6 Å². The number of aryl methyl sites for hydroxylation is 1. The number of nitrogens with zero attached hydrogens (tertiary/aromatic N) is 6. The van der Waals surface area contributed by atoms with Gasteiger partial charge in [-0.1, -0.05) is 6.07 Å². The molecule has 1 N–H and O–H groups in total. The Kier molecular flexibility index (Phi) is 5.92. The van der Waals surface area contributed by atoms with Crippen molar-refractivity contribution in [3.8, 4) is 11.6 Å². The predicted molar refractivity (Wildman–Crippen MR) is 110 cm³/mol. The number of amides is 2. The minimum atomic E-state index is -2.92. The van der Waals surface area contributed by atoms with Crippen molar-refractivity contribution in [2.75, 3.05) is 36.4 Å². The molecule has 162 valence electrons. The number of carbonyl (C=O) groups is 1. The molecule has 11 heteroatoms. The number of piperazine rings is 1. The summed E-state index contributed by atoms with van der Waals surface area (Å²) in [6.07, 6.45) is 5.17. The second-order valence-corrected chi connectivity index (χ2v) is 6.91. The highest BCUT2D eigenvalue weighted by Gasteiger charge is 2.23. The van der Waals surface area contributed by atoms with Gasteiger partial charge in [0.25, 0.3) is 0 Å². The van der Waals surface area contributed by atoms with E-state index in [1.165, 1.54) is 12.1 Å². The highest BCUT2D eigenvalue weighted by Crippen LogP contribution is 2.21. The van der Waals surface area contributed by atoms with E-state index < -0.39 is 6.61 Å². The second kappa shape index (κ2) is 8.94. The van der Waals surface area contributed by atoms with Crippen molar-refractivity contribution in [2.45, 2.75) is 13.5 Å². The second-order valence-electron chi connectivity index (χ2n) is 6.91. The lowest BCUT2D eigenvalue weighted by atomic mass is 10.3. The van der Waals surface area contributed by atoms with Gasteiger partial charge < -0.3 is 19.9 Å². The quantitative estimate of drug-likeness (QED) is 0.671. The zero-order valence-electron chi connectivity index (χ0n) is 16.8. The van der Waals surface area contributed by atoms with Crippen molar-refractivity contribution in [3.63, 3.8) is 0 Å². The van der Waals surface area contributed by atoms with E-state index in [4.69, 9.17) is 0 Å². The molecule has 3 heterocycles. The van der Waals surface area contributed by atoms with Crippen molar-refractivity contribution < 1.29 is 18.3 Å². The Balaban J connectivity index is 1.37. The van der Waals surface area contributed by atoms with Crippen LogP contribution in [0.3, 0.4) is 0 Å². The van der Waals surface area contributed by atoms with Crippen molar-refractivity contribution in [3.05, 3.63) is 54.9 Å². The molecular formula is C20H21F2N7O2. The van der Waals surface area contributed by atoms with E-state index in [-0.39, 0.29) is 11.8 Å². The average molecular weight is 429 g/mol. The Morgan fingerprint density at radius 2 is 1.90 bits per heavy atom. The first kappa shape index (κ1) is 20.5. The third-order valence-corrected chi connectivity index (χ3v) is 4.78. The lowest BCUT2D eigenvalue weighted by molar-refractivity contribution is -0.0498. The normalized spacial score (nSPS) is 14.1. The maximum absolute atomic E-state index is 12.6. The van der Waals surface area contributed by atoms with Crippen molar-refractivity contribution >= 4 is 17.5 Å². The van der Waals surface area contributed by atoms with Gasteiger partial charge in [0.1, 0.15) is 29.5 Å².